The van der Waals surface area contributed by atoms with Gasteiger partial charge in [-0.3, -0.25) is 0 Å². The lowest BCUT2D eigenvalue weighted by Crippen LogP contribution is -2.09. The van der Waals surface area contributed by atoms with Crippen LogP contribution in [0.4, 0.5) is 0 Å². The van der Waals surface area contributed by atoms with E-state index in [1.807, 2.05) is 0 Å². The molecule has 0 aliphatic carbocycles. The second-order valence-corrected chi connectivity index (χ2v) is 10.6. The van der Waals surface area contributed by atoms with E-state index in [1.54, 1.807) is 6.92 Å². The Balaban J connectivity index is 1.82. The van der Waals surface area contributed by atoms with Gasteiger partial charge in [-0.1, -0.05) is 17.3 Å². The number of sulfone groups is 2. The van der Waals surface area contributed by atoms with Gasteiger partial charge in [0.2, 0.25) is 5.88 Å². The number of hydrogen-bond acceptors (Lipinski definition) is 10. The van der Waals surface area contributed by atoms with E-state index < -0.39 is 25.4 Å². The fourth-order valence-electron chi connectivity index (χ4n) is 3.00. The number of hydrogen-bond donors (Lipinski definition) is 0. The molecule has 0 spiro atoms. The van der Waals surface area contributed by atoms with Gasteiger partial charge in [-0.25, -0.2) is 16.8 Å². The van der Waals surface area contributed by atoms with Crippen molar-refractivity contribution in [3.05, 3.63) is 53.0 Å². The molecule has 1 aromatic carbocycles. The van der Waals surface area contributed by atoms with Crippen LogP contribution in [0.25, 0.3) is 0 Å². The zero-order valence-corrected chi connectivity index (χ0v) is 18.9. The molecule has 0 aliphatic heterocycles. The molecule has 0 amide bonds. The van der Waals surface area contributed by atoms with Gasteiger partial charge in [0.1, 0.15) is 4.90 Å². The van der Waals surface area contributed by atoms with Crippen molar-refractivity contribution in [3.63, 3.8) is 0 Å². The molecule has 10 nitrogen and oxygen atoms in total. The Hall–Kier alpha value is -2.99. The molecule has 3 aromatic rings. The van der Waals surface area contributed by atoms with Gasteiger partial charge in [-0.05, 0) is 31.5 Å². The van der Waals surface area contributed by atoms with Gasteiger partial charge >= 0.3 is 6.01 Å². The summed E-state index contributed by atoms with van der Waals surface area (Å²) in [5, 5.41) is 3.67. The normalized spacial score (nSPS) is 12.0. The van der Waals surface area contributed by atoms with Crippen molar-refractivity contribution in [1.82, 2.24) is 15.1 Å². The molecule has 0 unspecified atom stereocenters. The van der Waals surface area contributed by atoms with E-state index in [2.05, 4.69) is 15.1 Å². The summed E-state index contributed by atoms with van der Waals surface area (Å²) in [4.78, 5) is 8.05. The van der Waals surface area contributed by atoms with Crippen LogP contribution in [0, 0.1) is 13.8 Å². The first-order valence-electron chi connectivity index (χ1n) is 8.99. The van der Waals surface area contributed by atoms with Gasteiger partial charge in [0.15, 0.2) is 25.4 Å². The van der Waals surface area contributed by atoms with Crippen LogP contribution in [0.5, 0.6) is 11.9 Å². The summed E-state index contributed by atoms with van der Waals surface area (Å²) in [6.45, 7) is 3.08. The minimum Gasteiger partial charge on any atom is -0.481 e. The molecule has 0 aliphatic rings. The van der Waals surface area contributed by atoms with E-state index in [-0.39, 0.29) is 44.6 Å². The maximum Gasteiger partial charge on any atom is 0.319 e. The molecule has 0 atom stereocenters. The SMILES string of the molecule is COc1cc(CS(=O)(=O)c2ccc(CS(=O)(=O)c3c(C)noc3C)cc2)nc(OC)n1. The molecule has 2 heterocycles. The molecule has 0 N–H and O–H groups in total. The number of methoxy groups -OCH3 is 2. The van der Waals surface area contributed by atoms with Crippen molar-refractivity contribution in [2.45, 2.75) is 35.1 Å². The lowest BCUT2D eigenvalue weighted by atomic mass is 10.2. The summed E-state index contributed by atoms with van der Waals surface area (Å²) in [5.41, 5.74) is 0.922. The fraction of sp³-hybridized carbons (Fsp3) is 0.316. The van der Waals surface area contributed by atoms with Crippen molar-refractivity contribution < 1.29 is 30.8 Å². The van der Waals surface area contributed by atoms with Crippen LogP contribution in [-0.4, -0.2) is 46.2 Å². The monoisotopic (exact) mass is 467 g/mol. The van der Waals surface area contributed by atoms with E-state index in [4.69, 9.17) is 14.0 Å². The van der Waals surface area contributed by atoms with Gasteiger partial charge in [-0.15, -0.1) is 0 Å². The minimum atomic E-state index is -3.76. The first-order chi connectivity index (χ1) is 14.6. The lowest BCUT2D eigenvalue weighted by molar-refractivity contribution is 0.350. The lowest BCUT2D eigenvalue weighted by Gasteiger charge is -2.08. The number of aryl methyl sites for hydroxylation is 2. The Bertz CT molecular complexity index is 1260. The highest BCUT2D eigenvalue weighted by Crippen LogP contribution is 2.25. The number of nitrogens with zero attached hydrogens (tertiary/aromatic N) is 3. The fourth-order valence-corrected chi connectivity index (χ4v) is 5.99. The highest BCUT2D eigenvalue weighted by molar-refractivity contribution is 7.91. The zero-order chi connectivity index (χ0) is 22.8. The van der Waals surface area contributed by atoms with Gasteiger partial charge < -0.3 is 14.0 Å². The summed E-state index contributed by atoms with van der Waals surface area (Å²) in [6, 6.07) is 7.05. The highest BCUT2D eigenvalue weighted by Gasteiger charge is 2.25. The van der Waals surface area contributed by atoms with Crippen LogP contribution in [0.3, 0.4) is 0 Å². The topological polar surface area (TPSA) is 139 Å². The molecular weight excluding hydrogens is 446 g/mol. The van der Waals surface area contributed by atoms with Crippen LogP contribution < -0.4 is 9.47 Å². The quantitative estimate of drug-likeness (QED) is 0.483. The smallest absolute Gasteiger partial charge is 0.319 e. The summed E-state index contributed by atoms with van der Waals surface area (Å²) < 4.78 is 65.9. The molecule has 3 rings (SSSR count). The molecule has 0 saturated carbocycles. The maximum absolute atomic E-state index is 12.8. The number of rotatable bonds is 8. The largest absolute Gasteiger partial charge is 0.481 e. The van der Waals surface area contributed by atoms with Gasteiger partial charge in [0.05, 0.1) is 42.0 Å². The Labute approximate surface area is 180 Å². The minimum absolute atomic E-state index is 0.00979. The van der Waals surface area contributed by atoms with Crippen LogP contribution in [0.15, 0.2) is 44.6 Å². The number of benzene rings is 1. The Morgan fingerprint density at radius 2 is 1.58 bits per heavy atom. The third kappa shape index (κ3) is 5.02. The van der Waals surface area contributed by atoms with E-state index in [0.29, 0.717) is 5.56 Å². The Kier molecular flexibility index (Phi) is 6.32. The molecular formula is C19H21N3O7S2. The molecule has 2 aromatic heterocycles. The van der Waals surface area contributed by atoms with Crippen LogP contribution in [-0.2, 0) is 31.2 Å². The third-order valence-corrected chi connectivity index (χ3v) is 7.97. The molecule has 0 saturated heterocycles. The van der Waals surface area contributed by atoms with E-state index in [9.17, 15) is 16.8 Å². The second-order valence-electron chi connectivity index (χ2n) is 6.70. The average molecular weight is 468 g/mol. The molecule has 166 valence electrons. The Morgan fingerprint density at radius 3 is 2.13 bits per heavy atom. The van der Waals surface area contributed by atoms with Gasteiger partial charge in [-0.2, -0.15) is 9.97 Å². The molecule has 31 heavy (non-hydrogen) atoms. The van der Waals surface area contributed by atoms with E-state index in [1.165, 1.54) is 51.5 Å². The van der Waals surface area contributed by atoms with E-state index in [0.717, 1.165) is 0 Å². The standard InChI is InChI=1S/C19H21N3O7S2/c1-12-18(13(2)29-22-12)31(25,26)10-14-5-7-16(8-6-14)30(23,24)11-15-9-17(27-3)21-19(20-15)28-4/h5-9H,10-11H2,1-4H3. The third-order valence-electron chi connectivity index (χ3n) is 4.38. The first-order valence-corrected chi connectivity index (χ1v) is 12.3. The van der Waals surface area contributed by atoms with Crippen molar-refractivity contribution in [3.8, 4) is 11.9 Å². The number of aromatic nitrogens is 3. The molecule has 0 fully saturated rings. The predicted octanol–water partition coefficient (Wildman–Crippen LogP) is 2.05. The summed E-state index contributed by atoms with van der Waals surface area (Å²) in [6.07, 6.45) is 0. The maximum atomic E-state index is 12.8. The van der Waals surface area contributed by atoms with Crippen LogP contribution in [0.1, 0.15) is 22.7 Å². The van der Waals surface area contributed by atoms with Crippen molar-refractivity contribution in [2.24, 2.45) is 0 Å². The number of ether oxygens (including phenoxy) is 2. The van der Waals surface area contributed by atoms with Crippen LogP contribution >= 0.6 is 0 Å². The summed E-state index contributed by atoms with van der Waals surface area (Å²) >= 11 is 0. The Morgan fingerprint density at radius 1 is 0.903 bits per heavy atom. The average Bonchev–Trinajstić information content (AvgIpc) is 3.06. The second kappa shape index (κ2) is 8.63. The van der Waals surface area contributed by atoms with Crippen molar-refractivity contribution in [2.75, 3.05) is 14.2 Å². The predicted molar refractivity (Wildman–Crippen MR) is 109 cm³/mol. The van der Waals surface area contributed by atoms with Crippen molar-refractivity contribution in [1.29, 1.82) is 0 Å². The molecule has 0 radical (unpaired) electrons. The highest BCUT2D eigenvalue weighted by atomic mass is 32.2. The van der Waals surface area contributed by atoms with Crippen molar-refractivity contribution >= 4 is 19.7 Å². The first kappa shape index (κ1) is 22.7. The summed E-state index contributed by atoms with van der Waals surface area (Å²) in [7, 11) is -4.69. The molecule has 0 bridgehead atoms. The van der Waals surface area contributed by atoms with Crippen LogP contribution in [0.2, 0.25) is 0 Å². The zero-order valence-electron chi connectivity index (χ0n) is 17.3. The van der Waals surface area contributed by atoms with E-state index >= 15 is 0 Å². The van der Waals surface area contributed by atoms with Gasteiger partial charge in [0, 0.05) is 6.07 Å². The summed E-state index contributed by atoms with van der Waals surface area (Å²) in [5.74, 6) is -0.320. The molecule has 12 heteroatoms. The van der Waals surface area contributed by atoms with Gasteiger partial charge in [0.25, 0.3) is 0 Å².